The van der Waals surface area contributed by atoms with E-state index < -0.39 is 6.04 Å². The Morgan fingerprint density at radius 2 is 1.78 bits per heavy atom. The Bertz CT molecular complexity index is 1880. The molecule has 3 N–H and O–H groups in total. The summed E-state index contributed by atoms with van der Waals surface area (Å²) in [5, 5.41) is 9.85. The summed E-state index contributed by atoms with van der Waals surface area (Å²) in [6.07, 6.45) is 3.23. The first kappa shape index (κ1) is 33.2. The van der Waals surface area contributed by atoms with Crippen LogP contribution in [-0.4, -0.2) is 75.0 Å². The molecule has 0 unspecified atom stereocenters. The Hall–Kier alpha value is -5.67. The molecule has 0 bridgehead atoms. The van der Waals surface area contributed by atoms with Crippen LogP contribution in [0.15, 0.2) is 84.5 Å². The minimum absolute atomic E-state index is 0.00520. The van der Waals surface area contributed by atoms with Crippen LogP contribution >= 0.6 is 0 Å². The highest BCUT2D eigenvalue weighted by Crippen LogP contribution is 2.27. The van der Waals surface area contributed by atoms with E-state index in [0.717, 1.165) is 60.8 Å². The summed E-state index contributed by atoms with van der Waals surface area (Å²) in [6.45, 7) is 18.0. The van der Waals surface area contributed by atoms with E-state index in [0.29, 0.717) is 49.1 Å². The van der Waals surface area contributed by atoms with Crippen molar-refractivity contribution in [2.24, 2.45) is 4.99 Å². The van der Waals surface area contributed by atoms with Gasteiger partial charge in [0.05, 0.1) is 24.8 Å². The van der Waals surface area contributed by atoms with Crippen molar-refractivity contribution in [1.82, 2.24) is 24.8 Å². The third-order valence-corrected chi connectivity index (χ3v) is 8.61. The number of hydrogen-bond donors (Lipinski definition) is 3. The van der Waals surface area contributed by atoms with Gasteiger partial charge in [-0.05, 0) is 53.6 Å². The molecule has 4 aromatic rings. The van der Waals surface area contributed by atoms with Crippen LogP contribution in [0.2, 0.25) is 0 Å². The molecule has 49 heavy (non-hydrogen) atoms. The topological polar surface area (TPSA) is 115 Å². The van der Waals surface area contributed by atoms with Crippen molar-refractivity contribution in [3.63, 3.8) is 0 Å². The number of aliphatic imine (C=N–C) groups is 1. The number of anilines is 4. The maximum atomic E-state index is 13.8. The lowest BCUT2D eigenvalue weighted by Crippen LogP contribution is -2.43. The van der Waals surface area contributed by atoms with E-state index in [-0.39, 0.29) is 17.5 Å². The number of Topliss-reactive ketones (excluding diaryl/α,β-unsaturated/α-hetero) is 1. The maximum Gasteiger partial charge on any atom is 0.233 e. The summed E-state index contributed by atoms with van der Waals surface area (Å²) in [4.78, 5) is 39.7. The second kappa shape index (κ2) is 15.5. The van der Waals surface area contributed by atoms with Crippen LogP contribution in [0.25, 0.3) is 4.85 Å². The third-order valence-electron chi connectivity index (χ3n) is 8.61. The SMILES string of the molecule is [C-]#[N+]c1ccc(C[C@H](Nc2nc(NCC3=Nc4cc(F)ccc4C3)nc(Nc3cccc(CN4CCN(C=C)CC4)c3)n2)C(=O)CC)cc1. The molecule has 1 fully saturated rings. The molecule has 11 nitrogen and oxygen atoms in total. The van der Waals surface area contributed by atoms with Crippen LogP contribution in [0, 0.1) is 12.4 Å². The highest BCUT2D eigenvalue weighted by Gasteiger charge is 2.21. The molecule has 0 radical (unpaired) electrons. The molecular formula is C37H39FN10O. The van der Waals surface area contributed by atoms with Gasteiger partial charge in [-0.2, -0.15) is 15.0 Å². The number of nitrogens with one attached hydrogen (secondary N) is 3. The third kappa shape index (κ3) is 8.82. The fourth-order valence-corrected chi connectivity index (χ4v) is 5.91. The van der Waals surface area contributed by atoms with E-state index >= 15 is 0 Å². The number of rotatable bonds is 14. The number of benzene rings is 3. The molecule has 2 aliphatic rings. The van der Waals surface area contributed by atoms with Crippen LogP contribution < -0.4 is 16.0 Å². The Morgan fingerprint density at radius 3 is 2.53 bits per heavy atom. The number of piperazine rings is 1. The number of hydrogen-bond acceptors (Lipinski definition) is 10. The monoisotopic (exact) mass is 658 g/mol. The van der Waals surface area contributed by atoms with Gasteiger partial charge in [0.15, 0.2) is 11.5 Å². The number of carbonyl (C=O) groups is 1. The van der Waals surface area contributed by atoms with Gasteiger partial charge in [-0.3, -0.25) is 14.7 Å². The highest BCUT2D eigenvalue weighted by molar-refractivity contribution is 5.96. The summed E-state index contributed by atoms with van der Waals surface area (Å²) in [5.74, 6) is 0.522. The van der Waals surface area contributed by atoms with Gasteiger partial charge in [0.1, 0.15) is 5.82 Å². The zero-order valence-corrected chi connectivity index (χ0v) is 27.5. The van der Waals surface area contributed by atoms with Crippen LogP contribution in [0.3, 0.4) is 0 Å². The molecule has 1 saturated heterocycles. The van der Waals surface area contributed by atoms with E-state index in [1.165, 1.54) is 12.1 Å². The Kier molecular flexibility index (Phi) is 10.5. The van der Waals surface area contributed by atoms with Crippen LogP contribution in [0.1, 0.15) is 30.0 Å². The second-order valence-corrected chi connectivity index (χ2v) is 12.1. The highest BCUT2D eigenvalue weighted by atomic mass is 19.1. The Labute approximate surface area is 285 Å². The average molecular weight is 659 g/mol. The maximum absolute atomic E-state index is 13.8. The zero-order valence-electron chi connectivity index (χ0n) is 27.5. The lowest BCUT2D eigenvalue weighted by molar-refractivity contribution is -0.119. The molecule has 0 saturated carbocycles. The normalized spacial score (nSPS) is 14.7. The smallest absolute Gasteiger partial charge is 0.233 e. The van der Waals surface area contributed by atoms with Gasteiger partial charge < -0.3 is 20.9 Å². The number of aromatic nitrogens is 3. The molecule has 3 aromatic carbocycles. The molecule has 0 spiro atoms. The lowest BCUT2D eigenvalue weighted by Gasteiger charge is -2.33. The summed E-state index contributed by atoms with van der Waals surface area (Å²) in [5.41, 5.74) is 5.86. The standard InChI is InChI=1S/C37H39FN10O/c1-4-34(49)33(20-25-9-13-29(39-3)14-10-25)43-37-45-35(40-23-31-21-27-11-12-28(38)22-32(27)41-31)44-36(46-37)42-30-8-6-7-26(19-30)24-48-17-15-47(5-2)16-18-48/h5-14,19,22,33H,2,4,15-18,20-21,23-24H2,1H3,(H3,40,42,43,44,45,46)/t33-/m0/s1. The van der Waals surface area contributed by atoms with Gasteiger partial charge in [-0.25, -0.2) is 9.24 Å². The Morgan fingerprint density at radius 1 is 1.00 bits per heavy atom. The van der Waals surface area contributed by atoms with Crippen LogP contribution in [0.4, 0.5) is 39.3 Å². The Balaban J connectivity index is 1.22. The predicted octanol–water partition coefficient (Wildman–Crippen LogP) is 6.31. The second-order valence-electron chi connectivity index (χ2n) is 12.1. The van der Waals surface area contributed by atoms with Gasteiger partial charge in [0, 0.05) is 57.0 Å². The van der Waals surface area contributed by atoms with Crippen molar-refractivity contribution in [2.75, 3.05) is 48.7 Å². The summed E-state index contributed by atoms with van der Waals surface area (Å²) in [7, 11) is 0. The summed E-state index contributed by atoms with van der Waals surface area (Å²) < 4.78 is 13.8. The summed E-state index contributed by atoms with van der Waals surface area (Å²) >= 11 is 0. The fourth-order valence-electron chi connectivity index (χ4n) is 5.91. The predicted molar refractivity (Wildman–Crippen MR) is 191 cm³/mol. The van der Waals surface area contributed by atoms with Crippen molar-refractivity contribution in [3.8, 4) is 0 Å². The summed E-state index contributed by atoms with van der Waals surface area (Å²) in [6, 6.07) is 19.4. The van der Waals surface area contributed by atoms with Gasteiger partial charge in [0.2, 0.25) is 17.8 Å². The van der Waals surface area contributed by atoms with Crippen molar-refractivity contribution in [2.45, 2.75) is 38.8 Å². The van der Waals surface area contributed by atoms with E-state index in [4.69, 9.17) is 6.57 Å². The molecule has 2 aliphatic heterocycles. The van der Waals surface area contributed by atoms with Crippen molar-refractivity contribution >= 4 is 46.4 Å². The first-order valence-electron chi connectivity index (χ1n) is 16.4. The quantitative estimate of drug-likeness (QED) is 0.134. The molecule has 1 atom stereocenters. The number of fused-ring (bicyclic) bond motifs is 1. The number of carbonyl (C=O) groups excluding carboxylic acids is 1. The molecular weight excluding hydrogens is 619 g/mol. The van der Waals surface area contributed by atoms with Crippen molar-refractivity contribution < 1.29 is 9.18 Å². The molecule has 12 heteroatoms. The molecule has 1 aromatic heterocycles. The van der Waals surface area contributed by atoms with Gasteiger partial charge in [-0.1, -0.05) is 56.0 Å². The molecule has 6 rings (SSSR count). The van der Waals surface area contributed by atoms with Crippen molar-refractivity contribution in [3.05, 3.63) is 113 Å². The first-order chi connectivity index (χ1) is 23.9. The molecule has 0 amide bonds. The zero-order chi connectivity index (χ0) is 34.2. The molecule has 3 heterocycles. The number of halogens is 1. The average Bonchev–Trinajstić information content (AvgIpc) is 3.53. The van der Waals surface area contributed by atoms with E-state index in [1.54, 1.807) is 18.2 Å². The van der Waals surface area contributed by atoms with Gasteiger partial charge in [0.25, 0.3) is 0 Å². The first-order valence-corrected chi connectivity index (χ1v) is 16.4. The minimum atomic E-state index is -0.597. The largest absolute Gasteiger partial charge is 0.375 e. The van der Waals surface area contributed by atoms with Crippen LogP contribution in [0.5, 0.6) is 0 Å². The van der Waals surface area contributed by atoms with E-state index in [9.17, 15) is 9.18 Å². The van der Waals surface area contributed by atoms with E-state index in [2.05, 4.69) is 69.3 Å². The van der Waals surface area contributed by atoms with Crippen LogP contribution in [-0.2, 0) is 24.2 Å². The number of ketones is 1. The molecule has 250 valence electrons. The molecule has 0 aliphatic carbocycles. The van der Waals surface area contributed by atoms with E-state index in [1.807, 2.05) is 37.4 Å². The van der Waals surface area contributed by atoms with Gasteiger partial charge >= 0.3 is 0 Å². The fraction of sp³-hybridized carbons (Fsp3) is 0.297. The minimum Gasteiger partial charge on any atom is -0.375 e. The van der Waals surface area contributed by atoms with Gasteiger partial charge in [-0.15, -0.1) is 0 Å². The van der Waals surface area contributed by atoms with Crippen molar-refractivity contribution in [1.29, 1.82) is 0 Å². The lowest BCUT2D eigenvalue weighted by atomic mass is 10.0. The number of nitrogens with zero attached hydrogens (tertiary/aromatic N) is 7.